The minimum Gasteiger partial charge on any atom is -0.490 e. The standard InChI is InChI=1S/C17H25NO2S/c1-12-3-4-16(15(9-12)13(2)18)20-14-5-7-19-17(10-14)6-8-21-11-17/h3-4,9,13-14H,5-8,10-11,18H2,1-2H3/t13-,14?,17?/m1/s1. The van der Waals surface area contributed by atoms with Crippen LogP contribution < -0.4 is 10.5 Å². The third kappa shape index (κ3) is 3.38. The molecule has 2 unspecified atom stereocenters. The molecule has 2 N–H and O–H groups in total. The number of ether oxygens (including phenoxy) is 2. The molecular weight excluding hydrogens is 282 g/mol. The van der Waals surface area contributed by atoms with Crippen molar-refractivity contribution in [2.75, 3.05) is 18.1 Å². The van der Waals surface area contributed by atoms with E-state index in [-0.39, 0.29) is 17.7 Å². The Balaban J connectivity index is 1.74. The van der Waals surface area contributed by atoms with Gasteiger partial charge in [0.25, 0.3) is 0 Å². The van der Waals surface area contributed by atoms with Crippen LogP contribution in [0.4, 0.5) is 0 Å². The molecule has 3 nitrogen and oxygen atoms in total. The van der Waals surface area contributed by atoms with Crippen LogP contribution in [-0.4, -0.2) is 29.8 Å². The van der Waals surface area contributed by atoms with Crippen LogP contribution in [0.2, 0.25) is 0 Å². The summed E-state index contributed by atoms with van der Waals surface area (Å²) in [6.07, 6.45) is 3.38. The van der Waals surface area contributed by atoms with E-state index < -0.39 is 0 Å². The Morgan fingerprint density at radius 1 is 1.48 bits per heavy atom. The summed E-state index contributed by atoms with van der Waals surface area (Å²) in [6, 6.07) is 6.30. The van der Waals surface area contributed by atoms with Gasteiger partial charge in [-0.3, -0.25) is 0 Å². The Kier molecular flexibility index (Phi) is 4.48. The van der Waals surface area contributed by atoms with Crippen molar-refractivity contribution in [2.45, 2.75) is 50.9 Å². The van der Waals surface area contributed by atoms with E-state index in [2.05, 4.69) is 25.1 Å². The maximum atomic E-state index is 6.32. The highest BCUT2D eigenvalue weighted by atomic mass is 32.2. The summed E-state index contributed by atoms with van der Waals surface area (Å²) in [4.78, 5) is 0. The highest BCUT2D eigenvalue weighted by Gasteiger charge is 2.41. The van der Waals surface area contributed by atoms with Gasteiger partial charge < -0.3 is 15.2 Å². The fraction of sp³-hybridized carbons (Fsp3) is 0.647. The molecule has 0 amide bonds. The minimum atomic E-state index is -0.00395. The largest absolute Gasteiger partial charge is 0.490 e. The molecule has 3 atom stereocenters. The van der Waals surface area contributed by atoms with Gasteiger partial charge in [0.1, 0.15) is 11.9 Å². The summed E-state index contributed by atoms with van der Waals surface area (Å²) in [6.45, 7) is 4.92. The number of hydrogen-bond donors (Lipinski definition) is 1. The van der Waals surface area contributed by atoms with Gasteiger partial charge in [0.05, 0.1) is 12.2 Å². The lowest BCUT2D eigenvalue weighted by Crippen LogP contribution is -2.44. The molecule has 2 heterocycles. The third-order valence-electron chi connectivity index (χ3n) is 4.46. The quantitative estimate of drug-likeness (QED) is 0.929. The molecule has 21 heavy (non-hydrogen) atoms. The van der Waals surface area contributed by atoms with Gasteiger partial charge in [0.15, 0.2) is 0 Å². The molecule has 1 spiro atoms. The Hall–Kier alpha value is -0.710. The van der Waals surface area contributed by atoms with E-state index in [0.29, 0.717) is 0 Å². The zero-order valence-electron chi connectivity index (χ0n) is 12.9. The van der Waals surface area contributed by atoms with Crippen molar-refractivity contribution < 1.29 is 9.47 Å². The number of thioether (sulfide) groups is 1. The van der Waals surface area contributed by atoms with Crippen LogP contribution >= 0.6 is 11.8 Å². The van der Waals surface area contributed by atoms with Gasteiger partial charge in [-0.1, -0.05) is 17.7 Å². The average molecular weight is 307 g/mol. The number of nitrogens with two attached hydrogens (primary N) is 1. The van der Waals surface area contributed by atoms with Crippen molar-refractivity contribution in [1.29, 1.82) is 0 Å². The molecule has 0 bridgehead atoms. The second-order valence-corrected chi connectivity index (χ2v) is 7.50. The number of aryl methyl sites for hydroxylation is 1. The second-order valence-electron chi connectivity index (χ2n) is 6.40. The predicted octanol–water partition coefficient (Wildman–Crippen LogP) is 3.45. The second kappa shape index (κ2) is 6.19. The molecule has 3 rings (SSSR count). The van der Waals surface area contributed by atoms with E-state index in [1.54, 1.807) is 0 Å². The van der Waals surface area contributed by atoms with Crippen molar-refractivity contribution in [1.82, 2.24) is 0 Å². The summed E-state index contributed by atoms with van der Waals surface area (Å²) >= 11 is 2.00. The van der Waals surface area contributed by atoms with Crippen LogP contribution in [0.15, 0.2) is 18.2 Å². The monoisotopic (exact) mass is 307 g/mol. The molecule has 0 aliphatic carbocycles. The van der Waals surface area contributed by atoms with Gasteiger partial charge >= 0.3 is 0 Å². The summed E-state index contributed by atoms with van der Waals surface area (Å²) in [5.74, 6) is 3.27. The lowest BCUT2D eigenvalue weighted by molar-refractivity contribution is -0.0960. The minimum absolute atomic E-state index is 0.00395. The molecule has 4 heteroatoms. The topological polar surface area (TPSA) is 44.5 Å². The van der Waals surface area contributed by atoms with Crippen LogP contribution in [0.1, 0.15) is 43.4 Å². The average Bonchev–Trinajstić information content (AvgIpc) is 2.88. The fourth-order valence-electron chi connectivity index (χ4n) is 3.26. The number of benzene rings is 1. The van der Waals surface area contributed by atoms with Crippen LogP contribution in [0.25, 0.3) is 0 Å². The molecule has 1 aromatic rings. The maximum Gasteiger partial charge on any atom is 0.124 e. The third-order valence-corrected chi connectivity index (χ3v) is 5.69. The van der Waals surface area contributed by atoms with Gasteiger partial charge in [-0.15, -0.1) is 0 Å². The van der Waals surface area contributed by atoms with Crippen molar-refractivity contribution >= 4 is 11.8 Å². The molecule has 2 aliphatic rings. The van der Waals surface area contributed by atoms with Gasteiger partial charge in [-0.05, 0) is 32.1 Å². The Morgan fingerprint density at radius 2 is 2.33 bits per heavy atom. The molecule has 2 aliphatic heterocycles. The van der Waals surface area contributed by atoms with Crippen molar-refractivity contribution in [3.63, 3.8) is 0 Å². The predicted molar refractivity (Wildman–Crippen MR) is 88.1 cm³/mol. The molecule has 0 aromatic heterocycles. The molecule has 2 saturated heterocycles. The highest BCUT2D eigenvalue weighted by molar-refractivity contribution is 7.99. The van der Waals surface area contributed by atoms with E-state index >= 15 is 0 Å². The van der Waals surface area contributed by atoms with E-state index in [1.807, 2.05) is 18.7 Å². The van der Waals surface area contributed by atoms with Crippen LogP contribution in [-0.2, 0) is 4.74 Å². The zero-order valence-corrected chi connectivity index (χ0v) is 13.7. The van der Waals surface area contributed by atoms with Gasteiger partial charge in [-0.2, -0.15) is 11.8 Å². The lowest BCUT2D eigenvalue weighted by Gasteiger charge is -2.38. The highest BCUT2D eigenvalue weighted by Crippen LogP contribution is 2.39. The molecule has 0 radical (unpaired) electrons. The van der Waals surface area contributed by atoms with Crippen LogP contribution in [0, 0.1) is 6.92 Å². The molecular formula is C17H25NO2S. The molecule has 1 aromatic carbocycles. The zero-order chi connectivity index (χ0) is 14.9. The summed E-state index contributed by atoms with van der Waals surface area (Å²) in [5.41, 5.74) is 8.49. The normalized spacial score (nSPS) is 30.5. The van der Waals surface area contributed by atoms with Gasteiger partial charge in [0.2, 0.25) is 0 Å². The fourth-order valence-corrected chi connectivity index (χ4v) is 4.64. The molecule has 116 valence electrons. The lowest BCUT2D eigenvalue weighted by atomic mass is 9.91. The van der Waals surface area contributed by atoms with Crippen LogP contribution in [0.3, 0.4) is 0 Å². The van der Waals surface area contributed by atoms with E-state index in [0.717, 1.165) is 42.9 Å². The van der Waals surface area contributed by atoms with Crippen molar-refractivity contribution in [3.8, 4) is 5.75 Å². The Labute approximate surface area is 131 Å². The van der Waals surface area contributed by atoms with Gasteiger partial charge in [-0.25, -0.2) is 0 Å². The van der Waals surface area contributed by atoms with E-state index in [1.165, 1.54) is 11.3 Å². The summed E-state index contributed by atoms with van der Waals surface area (Å²) in [7, 11) is 0. The Morgan fingerprint density at radius 3 is 3.05 bits per heavy atom. The first-order chi connectivity index (χ1) is 10.1. The maximum absolute atomic E-state index is 6.32. The van der Waals surface area contributed by atoms with Gasteiger partial charge in [0, 0.05) is 30.2 Å². The van der Waals surface area contributed by atoms with E-state index in [9.17, 15) is 0 Å². The molecule has 2 fully saturated rings. The first-order valence-electron chi connectivity index (χ1n) is 7.82. The number of rotatable bonds is 3. The first-order valence-corrected chi connectivity index (χ1v) is 8.98. The summed E-state index contributed by atoms with van der Waals surface area (Å²) in [5, 5.41) is 0. The molecule has 0 saturated carbocycles. The SMILES string of the molecule is Cc1ccc(OC2CCOC3(CCSC3)C2)c([C@@H](C)N)c1. The van der Waals surface area contributed by atoms with E-state index in [4.69, 9.17) is 15.2 Å². The summed E-state index contributed by atoms with van der Waals surface area (Å²) < 4.78 is 12.4. The number of hydrogen-bond acceptors (Lipinski definition) is 4. The van der Waals surface area contributed by atoms with Crippen molar-refractivity contribution in [2.24, 2.45) is 5.73 Å². The first kappa shape index (κ1) is 15.2. The van der Waals surface area contributed by atoms with Crippen LogP contribution in [0.5, 0.6) is 5.75 Å². The smallest absolute Gasteiger partial charge is 0.124 e. The Bertz CT molecular complexity index is 498. The van der Waals surface area contributed by atoms with Crippen molar-refractivity contribution in [3.05, 3.63) is 29.3 Å².